The molecular formula is C17H20O5. The normalized spacial score (nSPS) is 10.3. The number of rotatable bonds is 7. The van der Waals surface area contributed by atoms with E-state index in [1.165, 1.54) is 13.2 Å². The molecule has 0 saturated heterocycles. The molecule has 1 aromatic rings. The van der Waals surface area contributed by atoms with E-state index in [-0.39, 0.29) is 12.2 Å². The summed E-state index contributed by atoms with van der Waals surface area (Å²) in [5.41, 5.74) is 1.54. The molecule has 5 nitrogen and oxygen atoms in total. The van der Waals surface area contributed by atoms with Crippen molar-refractivity contribution >= 4 is 23.6 Å². The Balaban J connectivity index is 2.98. The Hall–Kier alpha value is -2.56. The lowest BCUT2D eigenvalue weighted by Crippen LogP contribution is -2.06. The van der Waals surface area contributed by atoms with E-state index in [1.54, 1.807) is 38.1 Å². The van der Waals surface area contributed by atoms with Gasteiger partial charge in [0.15, 0.2) is 0 Å². The van der Waals surface area contributed by atoms with Crippen LogP contribution in [0.3, 0.4) is 0 Å². The molecule has 1 aromatic carbocycles. The maximum atomic E-state index is 11.7. The van der Waals surface area contributed by atoms with E-state index >= 15 is 0 Å². The smallest absolute Gasteiger partial charge is 0.338 e. The highest BCUT2D eigenvalue weighted by Gasteiger charge is 2.12. The highest BCUT2D eigenvalue weighted by atomic mass is 16.5. The molecule has 0 saturated carbocycles. The second-order valence-electron chi connectivity index (χ2n) is 4.24. The molecule has 0 atom stereocenters. The minimum atomic E-state index is -0.473. The number of hydrogen-bond donors (Lipinski definition) is 0. The van der Waals surface area contributed by atoms with Crippen LogP contribution in [0, 0.1) is 0 Å². The fourth-order valence-corrected chi connectivity index (χ4v) is 1.72. The predicted octanol–water partition coefficient (Wildman–Crippen LogP) is 2.85. The van der Waals surface area contributed by atoms with Crippen LogP contribution in [0.5, 0.6) is 5.75 Å². The third kappa shape index (κ3) is 4.77. The van der Waals surface area contributed by atoms with Crippen molar-refractivity contribution in [1.82, 2.24) is 0 Å². The molecule has 0 amide bonds. The molecule has 0 aliphatic heterocycles. The summed E-state index contributed by atoms with van der Waals surface area (Å²) in [7, 11) is 1.51. The Morgan fingerprint density at radius 1 is 1.18 bits per heavy atom. The van der Waals surface area contributed by atoms with Crippen molar-refractivity contribution in [2.75, 3.05) is 20.3 Å². The van der Waals surface area contributed by atoms with Crippen LogP contribution >= 0.6 is 0 Å². The van der Waals surface area contributed by atoms with E-state index in [4.69, 9.17) is 14.2 Å². The van der Waals surface area contributed by atoms with Gasteiger partial charge in [0.25, 0.3) is 0 Å². The van der Waals surface area contributed by atoms with Crippen LogP contribution in [0.1, 0.15) is 25.0 Å². The van der Waals surface area contributed by atoms with Crippen molar-refractivity contribution in [2.45, 2.75) is 13.8 Å². The maximum absolute atomic E-state index is 11.7. The topological polar surface area (TPSA) is 61.8 Å². The van der Waals surface area contributed by atoms with Crippen LogP contribution in [0.25, 0.3) is 11.6 Å². The van der Waals surface area contributed by atoms with Gasteiger partial charge in [0.05, 0.1) is 25.9 Å². The van der Waals surface area contributed by atoms with Crippen LogP contribution < -0.4 is 4.74 Å². The molecule has 0 radical (unpaired) electrons. The zero-order valence-corrected chi connectivity index (χ0v) is 13.0. The van der Waals surface area contributed by atoms with Gasteiger partial charge in [0.2, 0.25) is 0 Å². The van der Waals surface area contributed by atoms with E-state index in [0.717, 1.165) is 0 Å². The van der Waals surface area contributed by atoms with Crippen molar-refractivity contribution < 1.29 is 23.8 Å². The van der Waals surface area contributed by atoms with Crippen molar-refractivity contribution in [2.24, 2.45) is 0 Å². The molecule has 1 rings (SSSR count). The Bertz CT molecular complexity index is 587. The predicted molar refractivity (Wildman–Crippen MR) is 84.3 cm³/mol. The van der Waals surface area contributed by atoms with Gasteiger partial charge < -0.3 is 14.2 Å². The van der Waals surface area contributed by atoms with Crippen molar-refractivity contribution in [3.05, 3.63) is 42.0 Å². The summed E-state index contributed by atoms with van der Waals surface area (Å²) in [5, 5.41) is 0. The summed E-state index contributed by atoms with van der Waals surface area (Å²) in [4.78, 5) is 23.0. The third-order valence-corrected chi connectivity index (χ3v) is 2.79. The number of benzene rings is 1. The summed E-state index contributed by atoms with van der Waals surface area (Å²) >= 11 is 0. The number of carbonyl (C=O) groups excluding carboxylic acids is 2. The fraction of sp³-hybridized carbons (Fsp3) is 0.294. The average Bonchev–Trinajstić information content (AvgIpc) is 2.52. The number of ether oxygens (including phenoxy) is 3. The molecule has 0 aliphatic rings. The van der Waals surface area contributed by atoms with Crippen LogP contribution in [0.2, 0.25) is 0 Å². The first-order valence-corrected chi connectivity index (χ1v) is 6.92. The van der Waals surface area contributed by atoms with E-state index in [1.807, 2.05) is 0 Å². The molecule has 118 valence electrons. The first-order chi connectivity index (χ1) is 10.5. The van der Waals surface area contributed by atoms with Gasteiger partial charge in [-0.2, -0.15) is 0 Å². The molecule has 0 unspecified atom stereocenters. The minimum Gasteiger partial charge on any atom is -0.496 e. The summed E-state index contributed by atoms with van der Waals surface area (Å²) in [6, 6.07) is 5.12. The van der Waals surface area contributed by atoms with Crippen molar-refractivity contribution in [3.63, 3.8) is 0 Å². The molecule has 0 aliphatic carbocycles. The average molecular weight is 304 g/mol. The summed E-state index contributed by atoms with van der Waals surface area (Å²) < 4.78 is 15.0. The minimum absolute atomic E-state index is 0.251. The number of hydrogen-bond acceptors (Lipinski definition) is 5. The summed E-state index contributed by atoms with van der Waals surface area (Å²) in [6.07, 6.45) is 2.91. The number of carbonyl (C=O) groups is 2. The van der Waals surface area contributed by atoms with Crippen LogP contribution in [-0.4, -0.2) is 32.3 Å². The first kappa shape index (κ1) is 17.5. The highest BCUT2D eigenvalue weighted by Crippen LogP contribution is 2.25. The van der Waals surface area contributed by atoms with Gasteiger partial charge >= 0.3 is 11.9 Å². The van der Waals surface area contributed by atoms with E-state index in [9.17, 15) is 9.59 Å². The van der Waals surface area contributed by atoms with Crippen molar-refractivity contribution in [1.29, 1.82) is 0 Å². The second kappa shape index (κ2) is 8.67. The Kier molecular flexibility index (Phi) is 6.89. The van der Waals surface area contributed by atoms with Crippen LogP contribution in [0.4, 0.5) is 0 Å². The van der Waals surface area contributed by atoms with E-state index in [2.05, 4.69) is 6.58 Å². The monoisotopic (exact) mass is 304 g/mol. The molecule has 0 fully saturated rings. The second-order valence-corrected chi connectivity index (χ2v) is 4.24. The Labute approximate surface area is 130 Å². The fourth-order valence-electron chi connectivity index (χ4n) is 1.72. The maximum Gasteiger partial charge on any atom is 0.338 e. The standard InChI is InChI=1S/C17H20O5/c1-5-21-16(18)10-9-13-7-8-14(11-15(13)20-4)12(3)17(19)22-6-2/h7-11H,3,5-6H2,1-2,4H3/b10-9+. The van der Waals surface area contributed by atoms with Crippen LogP contribution in [-0.2, 0) is 19.1 Å². The molecule has 0 N–H and O–H groups in total. The van der Waals surface area contributed by atoms with Gasteiger partial charge in [-0.25, -0.2) is 9.59 Å². The van der Waals surface area contributed by atoms with Gasteiger partial charge in [-0.1, -0.05) is 18.7 Å². The Morgan fingerprint density at radius 2 is 1.86 bits per heavy atom. The SMILES string of the molecule is C=C(C(=O)OCC)c1ccc(/C=C/C(=O)OCC)c(OC)c1. The Morgan fingerprint density at radius 3 is 2.45 bits per heavy atom. The molecule has 5 heteroatoms. The zero-order valence-electron chi connectivity index (χ0n) is 13.0. The quantitative estimate of drug-likeness (QED) is 0.572. The van der Waals surface area contributed by atoms with Crippen molar-refractivity contribution in [3.8, 4) is 5.75 Å². The highest BCUT2D eigenvalue weighted by molar-refractivity contribution is 6.15. The van der Waals surface area contributed by atoms with Gasteiger partial charge in [0, 0.05) is 11.6 Å². The molecule has 0 heterocycles. The number of methoxy groups -OCH3 is 1. The zero-order chi connectivity index (χ0) is 16.5. The molecular weight excluding hydrogens is 284 g/mol. The summed E-state index contributed by atoms with van der Waals surface area (Å²) in [6.45, 7) is 7.80. The van der Waals surface area contributed by atoms with Gasteiger partial charge in [-0.05, 0) is 31.6 Å². The van der Waals surface area contributed by atoms with Crippen LogP contribution in [0.15, 0.2) is 30.9 Å². The summed E-state index contributed by atoms with van der Waals surface area (Å²) in [5.74, 6) is -0.382. The third-order valence-electron chi connectivity index (χ3n) is 2.79. The molecule has 0 spiro atoms. The number of esters is 2. The largest absolute Gasteiger partial charge is 0.496 e. The first-order valence-electron chi connectivity index (χ1n) is 6.92. The lowest BCUT2D eigenvalue weighted by Gasteiger charge is -2.09. The lowest BCUT2D eigenvalue weighted by molar-refractivity contribution is -0.137. The lowest BCUT2D eigenvalue weighted by atomic mass is 10.0. The van der Waals surface area contributed by atoms with E-state index in [0.29, 0.717) is 23.5 Å². The van der Waals surface area contributed by atoms with Gasteiger partial charge in [-0.15, -0.1) is 0 Å². The molecule has 0 aromatic heterocycles. The van der Waals surface area contributed by atoms with Gasteiger partial charge in [0.1, 0.15) is 5.75 Å². The van der Waals surface area contributed by atoms with E-state index < -0.39 is 11.9 Å². The van der Waals surface area contributed by atoms with Gasteiger partial charge in [-0.3, -0.25) is 0 Å². The molecule has 22 heavy (non-hydrogen) atoms. The molecule has 0 bridgehead atoms.